The van der Waals surface area contributed by atoms with Crippen molar-refractivity contribution in [2.45, 2.75) is 39.2 Å². The fraction of sp³-hybridized carbons (Fsp3) is 0.320. The molecule has 0 spiro atoms. The highest BCUT2D eigenvalue weighted by Crippen LogP contribution is 2.24. The Hall–Kier alpha value is -3.21. The first-order valence-corrected chi connectivity index (χ1v) is 10.1. The van der Waals surface area contributed by atoms with Crippen molar-refractivity contribution in [3.8, 4) is 11.5 Å². The Labute approximate surface area is 178 Å². The number of carbonyl (C=O) groups is 1. The summed E-state index contributed by atoms with van der Waals surface area (Å²) in [6.45, 7) is 7.28. The van der Waals surface area contributed by atoms with Crippen molar-refractivity contribution >= 4 is 5.91 Å². The second-order valence-corrected chi connectivity index (χ2v) is 8.15. The van der Waals surface area contributed by atoms with Crippen LogP contribution in [0.1, 0.15) is 48.2 Å². The van der Waals surface area contributed by atoms with Crippen molar-refractivity contribution in [1.29, 1.82) is 0 Å². The molecule has 1 heterocycles. The van der Waals surface area contributed by atoms with E-state index >= 15 is 0 Å². The first kappa shape index (κ1) is 21.5. The Morgan fingerprint density at radius 2 is 1.73 bits per heavy atom. The molecule has 3 aromatic rings. The zero-order valence-corrected chi connectivity index (χ0v) is 18.0. The van der Waals surface area contributed by atoms with Crippen LogP contribution >= 0.6 is 0 Å². The van der Waals surface area contributed by atoms with E-state index < -0.39 is 0 Å². The van der Waals surface area contributed by atoms with Gasteiger partial charge in [-0.1, -0.05) is 51.1 Å². The monoisotopic (exact) mass is 407 g/mol. The molecule has 158 valence electrons. The van der Waals surface area contributed by atoms with Crippen LogP contribution in [0.3, 0.4) is 0 Å². The SMILES string of the molecule is COc1ccccc1CCNC(=O)c1ccc(COc2ccc(C(C)(C)C)cc2)o1. The van der Waals surface area contributed by atoms with Crippen LogP contribution in [-0.2, 0) is 18.4 Å². The van der Waals surface area contributed by atoms with Gasteiger partial charge in [0.25, 0.3) is 5.91 Å². The molecule has 0 saturated carbocycles. The number of carbonyl (C=O) groups excluding carboxylic acids is 1. The van der Waals surface area contributed by atoms with Gasteiger partial charge in [-0.3, -0.25) is 4.79 Å². The van der Waals surface area contributed by atoms with Crippen LogP contribution in [0, 0.1) is 0 Å². The van der Waals surface area contributed by atoms with Crippen molar-refractivity contribution in [1.82, 2.24) is 5.32 Å². The Kier molecular flexibility index (Phi) is 6.83. The van der Waals surface area contributed by atoms with Gasteiger partial charge in [-0.05, 0) is 53.3 Å². The fourth-order valence-electron chi connectivity index (χ4n) is 3.09. The van der Waals surface area contributed by atoms with Gasteiger partial charge in [0.15, 0.2) is 5.76 Å². The van der Waals surface area contributed by atoms with Gasteiger partial charge in [-0.15, -0.1) is 0 Å². The number of nitrogens with one attached hydrogen (secondary N) is 1. The number of furan rings is 1. The molecule has 1 aromatic heterocycles. The maximum atomic E-state index is 12.3. The summed E-state index contributed by atoms with van der Waals surface area (Å²) in [5, 5.41) is 2.88. The third-order valence-electron chi connectivity index (χ3n) is 4.86. The zero-order valence-electron chi connectivity index (χ0n) is 18.0. The maximum Gasteiger partial charge on any atom is 0.287 e. The van der Waals surface area contributed by atoms with Gasteiger partial charge in [0, 0.05) is 6.54 Å². The summed E-state index contributed by atoms with van der Waals surface area (Å²) in [5.74, 6) is 2.22. The Bertz CT molecular complexity index is 967. The predicted octanol–water partition coefficient (Wildman–Crippen LogP) is 5.14. The third-order valence-corrected chi connectivity index (χ3v) is 4.86. The molecule has 0 aliphatic carbocycles. The molecule has 0 unspecified atom stereocenters. The van der Waals surface area contributed by atoms with Crippen LogP contribution in [0.5, 0.6) is 11.5 Å². The van der Waals surface area contributed by atoms with Crippen molar-refractivity contribution in [2.24, 2.45) is 0 Å². The molecule has 2 aromatic carbocycles. The maximum absolute atomic E-state index is 12.3. The molecule has 5 heteroatoms. The van der Waals surface area contributed by atoms with Gasteiger partial charge >= 0.3 is 0 Å². The normalized spacial score (nSPS) is 11.2. The van der Waals surface area contributed by atoms with Crippen molar-refractivity contribution in [3.05, 3.63) is 83.3 Å². The lowest BCUT2D eigenvalue weighted by Crippen LogP contribution is -2.25. The molecule has 3 rings (SSSR count). The highest BCUT2D eigenvalue weighted by molar-refractivity contribution is 5.91. The number of rotatable bonds is 8. The molecule has 0 fully saturated rings. The fourth-order valence-corrected chi connectivity index (χ4v) is 3.09. The zero-order chi connectivity index (χ0) is 21.6. The van der Waals surface area contributed by atoms with E-state index in [1.54, 1.807) is 19.2 Å². The summed E-state index contributed by atoms with van der Waals surface area (Å²) in [4.78, 5) is 12.3. The number of hydrogen-bond donors (Lipinski definition) is 1. The summed E-state index contributed by atoms with van der Waals surface area (Å²) in [6, 6.07) is 19.2. The van der Waals surface area contributed by atoms with E-state index in [1.165, 1.54) is 5.56 Å². The van der Waals surface area contributed by atoms with Crippen LogP contribution < -0.4 is 14.8 Å². The minimum Gasteiger partial charge on any atom is -0.496 e. The summed E-state index contributed by atoms with van der Waals surface area (Å²) in [7, 11) is 1.64. The minimum atomic E-state index is -0.245. The largest absolute Gasteiger partial charge is 0.496 e. The molecule has 0 atom stereocenters. The topological polar surface area (TPSA) is 60.7 Å². The van der Waals surface area contributed by atoms with E-state index in [4.69, 9.17) is 13.9 Å². The van der Waals surface area contributed by atoms with E-state index in [2.05, 4.69) is 38.2 Å². The lowest BCUT2D eigenvalue weighted by Gasteiger charge is -2.19. The molecular weight excluding hydrogens is 378 g/mol. The number of amides is 1. The molecule has 5 nitrogen and oxygen atoms in total. The Morgan fingerprint density at radius 1 is 1.00 bits per heavy atom. The quantitative estimate of drug-likeness (QED) is 0.562. The molecule has 0 radical (unpaired) electrons. The molecule has 1 amide bonds. The molecule has 30 heavy (non-hydrogen) atoms. The van der Waals surface area contributed by atoms with Gasteiger partial charge in [0.1, 0.15) is 23.9 Å². The van der Waals surface area contributed by atoms with Gasteiger partial charge < -0.3 is 19.2 Å². The summed E-state index contributed by atoms with van der Waals surface area (Å²) in [6.07, 6.45) is 0.678. The number of methoxy groups -OCH3 is 1. The minimum absolute atomic E-state index is 0.105. The summed E-state index contributed by atoms with van der Waals surface area (Å²) >= 11 is 0. The first-order chi connectivity index (χ1) is 14.4. The van der Waals surface area contributed by atoms with Crippen LogP contribution in [0.2, 0.25) is 0 Å². The van der Waals surface area contributed by atoms with E-state index in [9.17, 15) is 4.79 Å². The molecular formula is C25H29NO4. The summed E-state index contributed by atoms with van der Waals surface area (Å²) in [5.41, 5.74) is 2.40. The van der Waals surface area contributed by atoms with Crippen LogP contribution in [0.25, 0.3) is 0 Å². The van der Waals surface area contributed by atoms with Crippen LogP contribution in [-0.4, -0.2) is 19.6 Å². The average Bonchev–Trinajstić information content (AvgIpc) is 3.21. The Balaban J connectivity index is 1.48. The molecule has 0 bridgehead atoms. The first-order valence-electron chi connectivity index (χ1n) is 10.1. The second kappa shape index (κ2) is 9.53. The lowest BCUT2D eigenvalue weighted by atomic mass is 9.87. The van der Waals surface area contributed by atoms with E-state index in [-0.39, 0.29) is 23.7 Å². The van der Waals surface area contributed by atoms with Crippen molar-refractivity contribution < 1.29 is 18.7 Å². The molecule has 1 N–H and O–H groups in total. The smallest absolute Gasteiger partial charge is 0.287 e. The van der Waals surface area contributed by atoms with Gasteiger partial charge in [0.2, 0.25) is 0 Å². The van der Waals surface area contributed by atoms with Crippen LogP contribution in [0.4, 0.5) is 0 Å². The van der Waals surface area contributed by atoms with Crippen molar-refractivity contribution in [3.63, 3.8) is 0 Å². The number of benzene rings is 2. The third kappa shape index (κ3) is 5.66. The number of hydrogen-bond acceptors (Lipinski definition) is 4. The standard InChI is InChI=1S/C25H29NO4/c1-25(2,3)19-9-11-20(12-10-19)29-17-21-13-14-23(30-21)24(27)26-16-15-18-7-5-6-8-22(18)28-4/h5-14H,15-17H2,1-4H3,(H,26,27). The lowest BCUT2D eigenvalue weighted by molar-refractivity contribution is 0.0922. The van der Waals surface area contributed by atoms with Gasteiger partial charge in [-0.25, -0.2) is 0 Å². The summed E-state index contributed by atoms with van der Waals surface area (Å²) < 4.78 is 16.7. The molecule has 0 saturated heterocycles. The highest BCUT2D eigenvalue weighted by atomic mass is 16.5. The van der Waals surface area contributed by atoms with Gasteiger partial charge in [0.05, 0.1) is 7.11 Å². The van der Waals surface area contributed by atoms with E-state index in [0.717, 1.165) is 17.1 Å². The Morgan fingerprint density at radius 3 is 2.43 bits per heavy atom. The highest BCUT2D eigenvalue weighted by Gasteiger charge is 2.14. The predicted molar refractivity (Wildman–Crippen MR) is 117 cm³/mol. The number of para-hydroxylation sites is 1. The molecule has 0 aliphatic heterocycles. The van der Waals surface area contributed by atoms with Crippen molar-refractivity contribution in [2.75, 3.05) is 13.7 Å². The van der Waals surface area contributed by atoms with Crippen LogP contribution in [0.15, 0.2) is 65.1 Å². The van der Waals surface area contributed by atoms with E-state index in [1.807, 2.05) is 36.4 Å². The second-order valence-electron chi connectivity index (χ2n) is 8.15. The number of ether oxygens (including phenoxy) is 2. The average molecular weight is 408 g/mol. The van der Waals surface area contributed by atoms with E-state index in [0.29, 0.717) is 18.7 Å². The van der Waals surface area contributed by atoms with Gasteiger partial charge in [-0.2, -0.15) is 0 Å². The molecule has 0 aliphatic rings.